The third kappa shape index (κ3) is 6.21. The lowest BCUT2D eigenvalue weighted by atomic mass is 9.85. The number of nitrogens with zero attached hydrogens (tertiary/aromatic N) is 2. The van der Waals surface area contributed by atoms with Gasteiger partial charge < -0.3 is 24.1 Å². The van der Waals surface area contributed by atoms with Crippen LogP contribution in [0, 0.1) is 5.92 Å². The summed E-state index contributed by atoms with van der Waals surface area (Å²) in [5.41, 5.74) is 1.25. The molecule has 0 saturated heterocycles. The standard InChI is InChI=1S/C35H45N3O7Si/c1-9-35(44-28(39)15-12-16-36-33(42)45-34(4,5)6)25-17-27-29-23(18-38(27)31(40)24(25)19-43-32(35)41)30(46(7,8)20-21(2)3)22-13-10-11-14-26(22)37-29/h10-11,13-14,17,21H,9,12,15-16,18-20H2,1-8H3,(H,36,42). The van der Waals surface area contributed by atoms with Crippen LogP contribution in [0.5, 0.6) is 0 Å². The number of cyclic esters (lactones) is 1. The summed E-state index contributed by atoms with van der Waals surface area (Å²) in [6.45, 7) is 16.6. The highest BCUT2D eigenvalue weighted by Gasteiger charge is 2.50. The molecule has 0 spiro atoms. The summed E-state index contributed by atoms with van der Waals surface area (Å²) in [6, 6.07) is 11.0. The Morgan fingerprint density at radius 1 is 1.15 bits per heavy atom. The van der Waals surface area contributed by atoms with E-state index in [1.165, 1.54) is 5.19 Å². The number of carbonyl (C=O) groups is 3. The van der Waals surface area contributed by atoms with Gasteiger partial charge in [0.2, 0.25) is 5.60 Å². The van der Waals surface area contributed by atoms with E-state index in [2.05, 4.69) is 38.3 Å². The molecule has 4 heterocycles. The number of pyridine rings is 2. The number of nitrogens with one attached hydrogen (secondary N) is 1. The van der Waals surface area contributed by atoms with E-state index in [0.29, 0.717) is 29.3 Å². The van der Waals surface area contributed by atoms with Crippen molar-refractivity contribution in [1.29, 1.82) is 0 Å². The van der Waals surface area contributed by atoms with Crippen molar-refractivity contribution in [2.75, 3.05) is 6.54 Å². The first-order valence-electron chi connectivity index (χ1n) is 16.1. The molecule has 11 heteroatoms. The summed E-state index contributed by atoms with van der Waals surface area (Å²) in [7, 11) is -1.99. The number of para-hydroxylation sites is 1. The second-order valence-electron chi connectivity index (χ2n) is 14.4. The number of amides is 1. The zero-order valence-electron chi connectivity index (χ0n) is 28.2. The number of rotatable bonds is 9. The van der Waals surface area contributed by atoms with Gasteiger partial charge in [-0.2, -0.15) is 0 Å². The van der Waals surface area contributed by atoms with E-state index in [1.54, 1.807) is 32.3 Å². The molecule has 246 valence electrons. The molecule has 1 atom stereocenters. The number of aromatic nitrogens is 2. The molecule has 0 saturated carbocycles. The smallest absolute Gasteiger partial charge is 0.407 e. The van der Waals surface area contributed by atoms with Crippen LogP contribution in [0.2, 0.25) is 19.1 Å². The number of ether oxygens (including phenoxy) is 3. The van der Waals surface area contributed by atoms with Crippen LogP contribution in [-0.4, -0.2) is 47.8 Å². The van der Waals surface area contributed by atoms with Crippen LogP contribution < -0.4 is 16.1 Å². The second-order valence-corrected chi connectivity index (χ2v) is 19.1. The zero-order chi connectivity index (χ0) is 33.6. The molecule has 10 nitrogen and oxygen atoms in total. The SMILES string of the molecule is CCC1(OC(=O)CCCNC(=O)OC(C)(C)C)C(=O)OCc2c1cc1n(c2=O)Cc2c-1nc1ccccc1c2[Si](C)(C)CC(C)C. The van der Waals surface area contributed by atoms with Gasteiger partial charge >= 0.3 is 18.0 Å². The monoisotopic (exact) mass is 647 g/mol. The minimum absolute atomic E-state index is 0.0562. The molecule has 1 amide bonds. The largest absolute Gasteiger partial charge is 0.457 e. The highest BCUT2D eigenvalue weighted by molar-refractivity contribution is 6.92. The molecular formula is C35H45N3O7Si. The Kier molecular flexibility index (Phi) is 8.93. The number of hydrogen-bond acceptors (Lipinski definition) is 8. The quantitative estimate of drug-likeness (QED) is 0.109. The van der Waals surface area contributed by atoms with Crippen LogP contribution in [0.4, 0.5) is 4.79 Å². The summed E-state index contributed by atoms with van der Waals surface area (Å²) in [6.07, 6.45) is -0.277. The molecule has 0 fully saturated rings. The average molecular weight is 648 g/mol. The molecule has 0 aliphatic carbocycles. The van der Waals surface area contributed by atoms with Crippen LogP contribution in [0.1, 0.15) is 77.5 Å². The Morgan fingerprint density at radius 3 is 2.54 bits per heavy atom. The first kappa shape index (κ1) is 33.4. The van der Waals surface area contributed by atoms with Gasteiger partial charge in [0.25, 0.3) is 5.56 Å². The van der Waals surface area contributed by atoms with Gasteiger partial charge in [-0.1, -0.05) is 58.1 Å². The average Bonchev–Trinajstić information content (AvgIpc) is 3.32. The van der Waals surface area contributed by atoms with Crippen molar-refractivity contribution < 1.29 is 28.6 Å². The van der Waals surface area contributed by atoms with Gasteiger partial charge in [0.05, 0.1) is 37.1 Å². The van der Waals surface area contributed by atoms with Crippen LogP contribution in [0.25, 0.3) is 22.3 Å². The first-order valence-corrected chi connectivity index (χ1v) is 19.3. The number of esters is 2. The minimum atomic E-state index is -1.99. The van der Waals surface area contributed by atoms with Crippen LogP contribution >= 0.6 is 0 Å². The fourth-order valence-electron chi connectivity index (χ4n) is 7.06. The number of hydrogen-bond donors (Lipinski definition) is 1. The van der Waals surface area contributed by atoms with Crippen LogP contribution in [0.15, 0.2) is 35.1 Å². The van der Waals surface area contributed by atoms with E-state index in [0.717, 1.165) is 28.2 Å². The van der Waals surface area contributed by atoms with E-state index in [4.69, 9.17) is 19.2 Å². The second kappa shape index (κ2) is 12.3. The summed E-state index contributed by atoms with van der Waals surface area (Å²) >= 11 is 0. The number of carbonyl (C=O) groups excluding carboxylic acids is 3. The van der Waals surface area contributed by atoms with E-state index < -0.39 is 37.3 Å². The van der Waals surface area contributed by atoms with Gasteiger partial charge in [-0.3, -0.25) is 9.59 Å². The molecule has 46 heavy (non-hydrogen) atoms. The van der Waals surface area contributed by atoms with Crippen LogP contribution in [-0.2, 0) is 42.6 Å². The maximum absolute atomic E-state index is 14.1. The molecule has 1 N–H and O–H groups in total. The number of benzene rings is 1. The fourth-order valence-corrected chi connectivity index (χ4v) is 11.3. The summed E-state index contributed by atoms with van der Waals surface area (Å²) in [4.78, 5) is 57.7. The van der Waals surface area contributed by atoms with Gasteiger partial charge in [0, 0.05) is 18.5 Å². The van der Waals surface area contributed by atoms with Gasteiger partial charge in [-0.15, -0.1) is 0 Å². The molecule has 1 unspecified atom stereocenters. The Hall–Kier alpha value is -3.99. The predicted molar refractivity (Wildman–Crippen MR) is 179 cm³/mol. The molecule has 0 bridgehead atoms. The zero-order valence-corrected chi connectivity index (χ0v) is 29.2. The molecule has 5 rings (SSSR count). The number of fused-ring (bicyclic) bond motifs is 5. The summed E-state index contributed by atoms with van der Waals surface area (Å²) in [5.74, 6) is -0.825. The van der Waals surface area contributed by atoms with Gasteiger partial charge in [-0.05, 0) is 67.8 Å². The predicted octanol–water partition coefficient (Wildman–Crippen LogP) is 5.51. The molecule has 2 aromatic heterocycles. The fraction of sp³-hybridized carbons (Fsp3) is 0.514. The van der Waals surface area contributed by atoms with Crippen molar-refractivity contribution in [2.45, 2.75) is 104 Å². The molecule has 2 aliphatic heterocycles. The highest BCUT2D eigenvalue weighted by atomic mass is 28.3. The van der Waals surface area contributed by atoms with Crippen molar-refractivity contribution in [2.24, 2.45) is 5.92 Å². The maximum Gasteiger partial charge on any atom is 0.407 e. The minimum Gasteiger partial charge on any atom is -0.457 e. The van der Waals surface area contributed by atoms with Gasteiger partial charge in [0.1, 0.15) is 12.2 Å². The Labute approximate surface area is 270 Å². The first-order chi connectivity index (χ1) is 21.6. The normalized spacial score (nSPS) is 17.3. The Balaban J connectivity index is 1.52. The van der Waals surface area contributed by atoms with Gasteiger partial charge in [-0.25, -0.2) is 14.6 Å². The number of alkyl carbamates (subject to hydrolysis) is 1. The summed E-state index contributed by atoms with van der Waals surface area (Å²) in [5, 5.41) is 5.05. The van der Waals surface area contributed by atoms with Gasteiger partial charge in [0.15, 0.2) is 0 Å². The van der Waals surface area contributed by atoms with E-state index in [9.17, 15) is 19.2 Å². The highest BCUT2D eigenvalue weighted by Crippen LogP contribution is 2.41. The van der Waals surface area contributed by atoms with E-state index in [-0.39, 0.29) is 38.0 Å². The third-order valence-corrected chi connectivity index (χ3v) is 12.4. The Bertz CT molecular complexity index is 1770. The molecule has 2 aliphatic rings. The molecular weight excluding hydrogens is 602 g/mol. The maximum atomic E-state index is 14.1. The lowest BCUT2D eigenvalue weighted by Crippen LogP contribution is -2.47. The summed E-state index contributed by atoms with van der Waals surface area (Å²) < 4.78 is 18.4. The molecule has 3 aromatic rings. The van der Waals surface area contributed by atoms with Crippen molar-refractivity contribution in [1.82, 2.24) is 14.9 Å². The molecule has 0 radical (unpaired) electrons. The topological polar surface area (TPSA) is 126 Å². The van der Waals surface area contributed by atoms with Crippen molar-refractivity contribution in [3.8, 4) is 11.4 Å². The molecule has 1 aromatic carbocycles. The van der Waals surface area contributed by atoms with Crippen LogP contribution in [0.3, 0.4) is 0 Å². The van der Waals surface area contributed by atoms with Crippen molar-refractivity contribution in [3.63, 3.8) is 0 Å². The van der Waals surface area contributed by atoms with E-state index in [1.807, 2.05) is 24.3 Å². The van der Waals surface area contributed by atoms with Crippen molar-refractivity contribution >= 4 is 42.2 Å². The van der Waals surface area contributed by atoms with E-state index >= 15 is 0 Å². The lowest BCUT2D eigenvalue weighted by Gasteiger charge is -2.35. The lowest BCUT2D eigenvalue weighted by molar-refractivity contribution is -0.189. The third-order valence-electron chi connectivity index (χ3n) is 8.67. The Morgan fingerprint density at radius 2 is 1.87 bits per heavy atom. The van der Waals surface area contributed by atoms with Crippen molar-refractivity contribution in [3.05, 3.63) is 57.4 Å².